The number of hydrogen-bond acceptors (Lipinski definition) is 5. The lowest BCUT2D eigenvalue weighted by Crippen LogP contribution is -2.39. The molecule has 26 heavy (non-hydrogen) atoms. The lowest BCUT2D eigenvalue weighted by atomic mass is 9.97. The summed E-state index contributed by atoms with van der Waals surface area (Å²) in [6, 6.07) is 11.8. The minimum absolute atomic E-state index is 0.0725. The van der Waals surface area contributed by atoms with Crippen LogP contribution in [0.3, 0.4) is 0 Å². The van der Waals surface area contributed by atoms with Crippen LogP contribution < -0.4 is 0 Å². The Bertz CT molecular complexity index is 913. The fourth-order valence-electron chi connectivity index (χ4n) is 3.29. The van der Waals surface area contributed by atoms with Crippen molar-refractivity contribution in [1.82, 2.24) is 15.1 Å². The Hall–Kier alpha value is -2.47. The first kappa shape index (κ1) is 17.0. The molecule has 0 unspecified atom stereocenters. The van der Waals surface area contributed by atoms with E-state index in [0.29, 0.717) is 18.3 Å². The summed E-state index contributed by atoms with van der Waals surface area (Å²) in [6.07, 6.45) is 1.90. The summed E-state index contributed by atoms with van der Waals surface area (Å²) >= 11 is 1.64. The van der Waals surface area contributed by atoms with Gasteiger partial charge in [-0.2, -0.15) is 0 Å². The van der Waals surface area contributed by atoms with Gasteiger partial charge in [-0.1, -0.05) is 17.7 Å². The molecule has 0 saturated carbocycles. The first-order valence-electron chi connectivity index (χ1n) is 8.86. The van der Waals surface area contributed by atoms with Crippen molar-refractivity contribution in [3.63, 3.8) is 0 Å². The summed E-state index contributed by atoms with van der Waals surface area (Å²) in [5.74, 6) is 1.37. The predicted octanol–water partition coefficient (Wildman–Crippen LogP) is 4.43. The largest absolute Gasteiger partial charge is 0.420 e. The van der Waals surface area contributed by atoms with Crippen molar-refractivity contribution in [2.45, 2.75) is 32.6 Å². The van der Waals surface area contributed by atoms with Crippen molar-refractivity contribution in [2.24, 2.45) is 0 Å². The van der Waals surface area contributed by atoms with Gasteiger partial charge in [0.05, 0.1) is 10.8 Å². The molecule has 3 aromatic rings. The number of aryl methyl sites for hydroxylation is 2. The highest BCUT2D eigenvalue weighted by molar-refractivity contribution is 7.15. The zero-order valence-corrected chi connectivity index (χ0v) is 15.8. The van der Waals surface area contributed by atoms with Gasteiger partial charge in [0.25, 0.3) is 11.8 Å². The van der Waals surface area contributed by atoms with Crippen molar-refractivity contribution >= 4 is 17.2 Å². The van der Waals surface area contributed by atoms with Crippen LogP contribution in [-0.2, 0) is 0 Å². The van der Waals surface area contributed by atoms with Crippen LogP contribution in [0.4, 0.5) is 0 Å². The number of benzene rings is 1. The summed E-state index contributed by atoms with van der Waals surface area (Å²) in [5.41, 5.74) is 1.89. The molecule has 3 heterocycles. The standard InChI is InChI=1S/C20H21N3O2S/c1-13-5-8-15(9-6-13)20(24)23-11-3-4-16(12-23)18-21-22-19(25-18)17-10-7-14(2)26-17/h5-10,16H,3-4,11-12H2,1-2H3/t16-/m0/s1. The van der Waals surface area contributed by atoms with E-state index in [9.17, 15) is 4.79 Å². The zero-order valence-electron chi connectivity index (χ0n) is 14.9. The molecule has 4 rings (SSSR count). The number of piperidine rings is 1. The fourth-order valence-corrected chi connectivity index (χ4v) is 4.08. The number of amides is 1. The Labute approximate surface area is 156 Å². The van der Waals surface area contributed by atoms with Crippen LogP contribution in [0.15, 0.2) is 40.8 Å². The lowest BCUT2D eigenvalue weighted by molar-refractivity contribution is 0.0698. The number of rotatable bonds is 3. The molecule has 2 aromatic heterocycles. The molecule has 1 atom stereocenters. The van der Waals surface area contributed by atoms with Crippen LogP contribution in [0.5, 0.6) is 0 Å². The highest BCUT2D eigenvalue weighted by Crippen LogP contribution is 2.31. The monoisotopic (exact) mass is 367 g/mol. The van der Waals surface area contributed by atoms with Crippen LogP contribution >= 0.6 is 11.3 Å². The molecule has 5 nitrogen and oxygen atoms in total. The minimum Gasteiger partial charge on any atom is -0.420 e. The average Bonchev–Trinajstić information content (AvgIpc) is 3.31. The third-order valence-electron chi connectivity index (χ3n) is 4.75. The highest BCUT2D eigenvalue weighted by Gasteiger charge is 2.29. The second-order valence-corrected chi connectivity index (χ2v) is 8.10. The first-order chi connectivity index (χ1) is 12.6. The van der Waals surface area contributed by atoms with Gasteiger partial charge in [-0.3, -0.25) is 4.79 Å². The summed E-state index contributed by atoms with van der Waals surface area (Å²) in [7, 11) is 0. The molecule has 0 bridgehead atoms. The second kappa shape index (κ2) is 7.03. The van der Waals surface area contributed by atoms with Crippen LogP contribution in [-0.4, -0.2) is 34.1 Å². The molecule has 1 amide bonds. The lowest BCUT2D eigenvalue weighted by Gasteiger charge is -2.31. The van der Waals surface area contributed by atoms with Gasteiger partial charge < -0.3 is 9.32 Å². The van der Waals surface area contributed by atoms with Gasteiger partial charge in [0.15, 0.2) is 0 Å². The normalized spacial score (nSPS) is 17.5. The number of carbonyl (C=O) groups excluding carboxylic acids is 1. The Morgan fingerprint density at radius 2 is 1.96 bits per heavy atom. The number of hydrogen-bond donors (Lipinski definition) is 0. The average molecular weight is 367 g/mol. The SMILES string of the molecule is Cc1ccc(C(=O)N2CCC[C@H](c3nnc(-c4ccc(C)s4)o3)C2)cc1. The molecular formula is C20H21N3O2S. The fraction of sp³-hybridized carbons (Fsp3) is 0.350. The maximum Gasteiger partial charge on any atom is 0.257 e. The molecular weight excluding hydrogens is 346 g/mol. The van der Waals surface area contributed by atoms with Gasteiger partial charge in [0.1, 0.15) is 0 Å². The minimum atomic E-state index is 0.0725. The second-order valence-electron chi connectivity index (χ2n) is 6.81. The van der Waals surface area contributed by atoms with E-state index >= 15 is 0 Å². The Morgan fingerprint density at radius 3 is 2.69 bits per heavy atom. The van der Waals surface area contributed by atoms with Gasteiger partial charge in [0.2, 0.25) is 5.89 Å². The van der Waals surface area contributed by atoms with Crippen LogP contribution in [0.1, 0.15) is 45.4 Å². The number of thiophene rings is 1. The molecule has 134 valence electrons. The number of carbonyl (C=O) groups is 1. The number of aromatic nitrogens is 2. The van der Waals surface area contributed by atoms with E-state index in [-0.39, 0.29) is 11.8 Å². The zero-order chi connectivity index (χ0) is 18.1. The maximum absolute atomic E-state index is 12.8. The van der Waals surface area contributed by atoms with E-state index in [1.807, 2.05) is 48.2 Å². The van der Waals surface area contributed by atoms with Crippen LogP contribution in [0.2, 0.25) is 0 Å². The van der Waals surface area contributed by atoms with E-state index in [1.54, 1.807) is 11.3 Å². The third kappa shape index (κ3) is 3.42. The summed E-state index contributed by atoms with van der Waals surface area (Å²) in [5, 5.41) is 8.46. The third-order valence-corrected chi connectivity index (χ3v) is 5.74. The number of likely N-dealkylation sites (tertiary alicyclic amines) is 1. The van der Waals surface area contributed by atoms with Crippen molar-refractivity contribution < 1.29 is 9.21 Å². The Kier molecular flexibility index (Phi) is 4.59. The van der Waals surface area contributed by atoms with Gasteiger partial charge in [-0.25, -0.2) is 0 Å². The predicted molar refractivity (Wildman–Crippen MR) is 101 cm³/mol. The maximum atomic E-state index is 12.8. The van der Waals surface area contributed by atoms with Crippen molar-refractivity contribution in [3.8, 4) is 10.8 Å². The molecule has 0 N–H and O–H groups in total. The quantitative estimate of drug-likeness (QED) is 0.687. The Morgan fingerprint density at radius 1 is 1.15 bits per heavy atom. The first-order valence-corrected chi connectivity index (χ1v) is 9.68. The van der Waals surface area contributed by atoms with Crippen molar-refractivity contribution in [3.05, 3.63) is 58.3 Å². The molecule has 0 aliphatic carbocycles. The Balaban J connectivity index is 1.49. The number of nitrogens with zero attached hydrogens (tertiary/aromatic N) is 3. The van der Waals surface area contributed by atoms with Gasteiger partial charge in [0, 0.05) is 23.5 Å². The topological polar surface area (TPSA) is 59.2 Å². The molecule has 1 fully saturated rings. The van der Waals surface area contributed by atoms with E-state index in [4.69, 9.17) is 4.42 Å². The van der Waals surface area contributed by atoms with Gasteiger partial charge in [-0.15, -0.1) is 21.5 Å². The smallest absolute Gasteiger partial charge is 0.257 e. The summed E-state index contributed by atoms with van der Waals surface area (Å²) in [4.78, 5) is 16.9. The van der Waals surface area contributed by atoms with Gasteiger partial charge >= 0.3 is 0 Å². The molecule has 0 spiro atoms. The van der Waals surface area contributed by atoms with Crippen LogP contribution in [0, 0.1) is 13.8 Å². The van der Waals surface area contributed by atoms with Crippen LogP contribution in [0.25, 0.3) is 10.8 Å². The van der Waals surface area contributed by atoms with E-state index in [2.05, 4.69) is 17.1 Å². The van der Waals surface area contributed by atoms with E-state index in [0.717, 1.165) is 35.4 Å². The molecule has 6 heteroatoms. The van der Waals surface area contributed by atoms with Gasteiger partial charge in [-0.05, 0) is 51.0 Å². The van der Waals surface area contributed by atoms with Crippen molar-refractivity contribution in [1.29, 1.82) is 0 Å². The summed E-state index contributed by atoms with van der Waals surface area (Å²) < 4.78 is 5.92. The molecule has 1 aliphatic heterocycles. The highest BCUT2D eigenvalue weighted by atomic mass is 32.1. The molecule has 1 aromatic carbocycles. The molecule has 0 radical (unpaired) electrons. The van der Waals surface area contributed by atoms with E-state index in [1.165, 1.54) is 4.88 Å². The van der Waals surface area contributed by atoms with Crippen molar-refractivity contribution in [2.75, 3.05) is 13.1 Å². The molecule has 1 saturated heterocycles. The molecule has 1 aliphatic rings. The van der Waals surface area contributed by atoms with E-state index < -0.39 is 0 Å². The summed E-state index contributed by atoms with van der Waals surface area (Å²) in [6.45, 7) is 5.47.